The Morgan fingerprint density at radius 2 is 0.810 bits per heavy atom. The molecule has 3 N–H and O–H groups in total. The van der Waals surface area contributed by atoms with Gasteiger partial charge in [-0.1, -0.05) is 224 Å². The Kier molecular flexibility index (Phi) is 46.6. The van der Waals surface area contributed by atoms with E-state index < -0.39 is 12.1 Å². The molecule has 0 aromatic carbocycles. The summed E-state index contributed by atoms with van der Waals surface area (Å²) in [5, 5.41) is 23.0. The van der Waals surface area contributed by atoms with Crippen LogP contribution in [0.3, 0.4) is 0 Å². The van der Waals surface area contributed by atoms with Gasteiger partial charge in [-0.15, -0.1) is 0 Å². The standard InChI is InChI=1S/C52H99NO5/c1-3-5-7-9-11-13-15-17-18-22-26-30-34-38-42-46-52(57)58-47-43-39-35-31-27-23-19-21-25-29-33-37-41-45-51(56)53-49(48-54)50(55)44-40-36-32-28-24-20-16-14-12-10-8-6-4-2/h17-18,40,44,49-50,54-55H,3-16,19-39,41-43,45-48H2,1-2H3,(H,53,56)/b18-17-,44-40+. The lowest BCUT2D eigenvalue weighted by atomic mass is 10.0. The zero-order valence-corrected chi connectivity index (χ0v) is 38.8. The number of allylic oxidation sites excluding steroid dienone is 3. The Bertz CT molecular complexity index is 904. The highest BCUT2D eigenvalue weighted by atomic mass is 16.5. The SMILES string of the molecule is CCCCCCCC/C=C\CCCCCCCC(=O)OCCCCCCCCCCCCCCCC(=O)NC(CO)C(O)/C=C/CCCCCCCCCCCCC. The van der Waals surface area contributed by atoms with E-state index in [9.17, 15) is 19.8 Å². The molecule has 58 heavy (non-hydrogen) atoms. The van der Waals surface area contributed by atoms with Crippen molar-refractivity contribution in [3.05, 3.63) is 24.3 Å². The van der Waals surface area contributed by atoms with E-state index in [1.165, 1.54) is 186 Å². The maximum absolute atomic E-state index is 12.4. The molecule has 0 aliphatic carbocycles. The average Bonchev–Trinajstić information content (AvgIpc) is 3.22. The van der Waals surface area contributed by atoms with Gasteiger partial charge >= 0.3 is 5.97 Å². The number of unbranched alkanes of at least 4 members (excludes halogenated alkanes) is 34. The van der Waals surface area contributed by atoms with Gasteiger partial charge in [-0.2, -0.15) is 0 Å². The molecule has 0 heterocycles. The summed E-state index contributed by atoms with van der Waals surface area (Å²) in [4.78, 5) is 24.4. The Morgan fingerprint density at radius 1 is 0.466 bits per heavy atom. The van der Waals surface area contributed by atoms with Crippen molar-refractivity contribution in [2.75, 3.05) is 13.2 Å². The highest BCUT2D eigenvalue weighted by Gasteiger charge is 2.18. The van der Waals surface area contributed by atoms with Crippen LogP contribution in [-0.2, 0) is 14.3 Å². The summed E-state index contributed by atoms with van der Waals surface area (Å²) < 4.78 is 5.46. The van der Waals surface area contributed by atoms with E-state index in [2.05, 4.69) is 31.3 Å². The molecule has 0 aliphatic rings. The number of carbonyl (C=O) groups is 2. The zero-order chi connectivity index (χ0) is 42.3. The van der Waals surface area contributed by atoms with Crippen LogP contribution < -0.4 is 5.32 Å². The first-order valence-electron chi connectivity index (χ1n) is 25.6. The maximum atomic E-state index is 12.4. The number of nitrogens with one attached hydrogen (secondary N) is 1. The van der Waals surface area contributed by atoms with E-state index in [1.54, 1.807) is 6.08 Å². The van der Waals surface area contributed by atoms with Crippen molar-refractivity contribution in [1.82, 2.24) is 5.32 Å². The first kappa shape index (κ1) is 56.3. The van der Waals surface area contributed by atoms with Crippen LogP contribution in [0.25, 0.3) is 0 Å². The Balaban J connectivity index is 3.48. The lowest BCUT2D eigenvalue weighted by Crippen LogP contribution is -2.45. The largest absolute Gasteiger partial charge is 0.466 e. The van der Waals surface area contributed by atoms with Gasteiger partial charge in [0.05, 0.1) is 25.4 Å². The molecule has 2 atom stereocenters. The van der Waals surface area contributed by atoms with Gasteiger partial charge in [-0.05, 0) is 57.8 Å². The van der Waals surface area contributed by atoms with E-state index in [1.807, 2.05) is 6.08 Å². The molecule has 0 saturated heterocycles. The van der Waals surface area contributed by atoms with E-state index in [0.717, 1.165) is 57.8 Å². The van der Waals surface area contributed by atoms with Gasteiger partial charge in [0.1, 0.15) is 0 Å². The monoisotopic (exact) mass is 818 g/mol. The van der Waals surface area contributed by atoms with Crippen LogP contribution in [0.2, 0.25) is 0 Å². The molecule has 0 spiro atoms. The fraction of sp³-hybridized carbons (Fsp3) is 0.885. The number of hydrogen-bond donors (Lipinski definition) is 3. The van der Waals surface area contributed by atoms with E-state index in [-0.39, 0.29) is 18.5 Å². The lowest BCUT2D eigenvalue weighted by Gasteiger charge is -2.20. The number of aliphatic hydroxyl groups is 2. The summed E-state index contributed by atoms with van der Waals surface area (Å²) in [5.41, 5.74) is 0. The lowest BCUT2D eigenvalue weighted by molar-refractivity contribution is -0.143. The Hall–Kier alpha value is -1.66. The second kappa shape index (κ2) is 48.0. The predicted octanol–water partition coefficient (Wildman–Crippen LogP) is 15.1. The molecule has 6 nitrogen and oxygen atoms in total. The second-order valence-electron chi connectivity index (χ2n) is 17.5. The minimum atomic E-state index is -0.852. The summed E-state index contributed by atoms with van der Waals surface area (Å²) in [6, 6.07) is -0.636. The van der Waals surface area contributed by atoms with Crippen molar-refractivity contribution < 1.29 is 24.5 Å². The fourth-order valence-corrected chi connectivity index (χ4v) is 7.74. The van der Waals surface area contributed by atoms with Gasteiger partial charge in [0.15, 0.2) is 0 Å². The van der Waals surface area contributed by atoms with Crippen molar-refractivity contribution in [3.63, 3.8) is 0 Å². The van der Waals surface area contributed by atoms with E-state index in [0.29, 0.717) is 19.4 Å². The first-order chi connectivity index (χ1) is 28.5. The van der Waals surface area contributed by atoms with Crippen LogP contribution >= 0.6 is 0 Å². The molecule has 2 unspecified atom stereocenters. The molecule has 0 bridgehead atoms. The molecule has 0 aromatic rings. The third kappa shape index (κ3) is 43.9. The summed E-state index contributed by atoms with van der Waals surface area (Å²) in [5.74, 6) is -0.0967. The van der Waals surface area contributed by atoms with Crippen LogP contribution in [0.1, 0.15) is 271 Å². The predicted molar refractivity (Wildman–Crippen MR) is 250 cm³/mol. The number of esters is 1. The van der Waals surface area contributed by atoms with Crippen LogP contribution in [0.15, 0.2) is 24.3 Å². The minimum absolute atomic E-state index is 0.0151. The van der Waals surface area contributed by atoms with Gasteiger partial charge in [-0.25, -0.2) is 0 Å². The summed E-state index contributed by atoms with van der Waals surface area (Å²) in [6.45, 7) is 4.86. The number of rotatable bonds is 47. The smallest absolute Gasteiger partial charge is 0.305 e. The molecule has 0 aliphatic heterocycles. The highest BCUT2D eigenvalue weighted by molar-refractivity contribution is 5.76. The molecule has 0 saturated carbocycles. The fourth-order valence-electron chi connectivity index (χ4n) is 7.74. The van der Waals surface area contributed by atoms with Crippen molar-refractivity contribution in [2.24, 2.45) is 0 Å². The van der Waals surface area contributed by atoms with Gasteiger partial charge in [0.25, 0.3) is 0 Å². The average molecular weight is 818 g/mol. The number of ether oxygens (including phenoxy) is 1. The van der Waals surface area contributed by atoms with Crippen LogP contribution in [0.4, 0.5) is 0 Å². The molecule has 342 valence electrons. The Morgan fingerprint density at radius 3 is 1.22 bits per heavy atom. The molecule has 1 amide bonds. The molecule has 0 radical (unpaired) electrons. The minimum Gasteiger partial charge on any atom is -0.466 e. The number of carbonyl (C=O) groups excluding carboxylic acids is 2. The Labute approximate surface area is 361 Å². The zero-order valence-electron chi connectivity index (χ0n) is 38.8. The van der Waals surface area contributed by atoms with E-state index in [4.69, 9.17) is 4.74 Å². The van der Waals surface area contributed by atoms with Gasteiger partial charge in [-0.3, -0.25) is 9.59 Å². The summed E-state index contributed by atoms with van der Waals surface area (Å²) >= 11 is 0. The molecular formula is C52H99NO5. The van der Waals surface area contributed by atoms with Crippen LogP contribution in [0, 0.1) is 0 Å². The molecule has 0 fully saturated rings. The van der Waals surface area contributed by atoms with E-state index >= 15 is 0 Å². The van der Waals surface area contributed by atoms with Crippen LogP contribution in [0.5, 0.6) is 0 Å². The number of aliphatic hydroxyl groups excluding tert-OH is 2. The van der Waals surface area contributed by atoms with Gasteiger partial charge in [0, 0.05) is 12.8 Å². The molecule has 0 aromatic heterocycles. The highest BCUT2D eigenvalue weighted by Crippen LogP contribution is 2.15. The van der Waals surface area contributed by atoms with Gasteiger partial charge < -0.3 is 20.3 Å². The van der Waals surface area contributed by atoms with Crippen LogP contribution in [-0.4, -0.2) is 47.4 Å². The van der Waals surface area contributed by atoms with Crippen molar-refractivity contribution in [2.45, 2.75) is 283 Å². The second-order valence-corrected chi connectivity index (χ2v) is 17.5. The topological polar surface area (TPSA) is 95.9 Å². The quantitative estimate of drug-likeness (QED) is 0.0323. The normalized spacial score (nSPS) is 12.8. The first-order valence-corrected chi connectivity index (χ1v) is 25.6. The number of hydrogen-bond acceptors (Lipinski definition) is 5. The molecule has 6 heteroatoms. The van der Waals surface area contributed by atoms with Crippen molar-refractivity contribution >= 4 is 11.9 Å². The number of amides is 1. The van der Waals surface area contributed by atoms with Gasteiger partial charge in [0.2, 0.25) is 5.91 Å². The van der Waals surface area contributed by atoms with Crippen molar-refractivity contribution in [1.29, 1.82) is 0 Å². The summed E-state index contributed by atoms with van der Waals surface area (Å²) in [7, 11) is 0. The third-order valence-electron chi connectivity index (χ3n) is 11.7. The molecule has 0 rings (SSSR count). The molecular weight excluding hydrogens is 719 g/mol. The maximum Gasteiger partial charge on any atom is 0.305 e. The van der Waals surface area contributed by atoms with Crippen molar-refractivity contribution in [3.8, 4) is 0 Å². The third-order valence-corrected chi connectivity index (χ3v) is 11.7. The summed E-state index contributed by atoms with van der Waals surface area (Å²) in [6.07, 6.45) is 56.0.